The van der Waals surface area contributed by atoms with Crippen LogP contribution in [0.2, 0.25) is 0 Å². The fraction of sp³-hybridized carbons (Fsp3) is 0.462. The zero-order valence-electron chi connectivity index (χ0n) is 11.4. The maximum atomic E-state index is 11.1. The molecule has 0 aromatic heterocycles. The molecule has 1 aromatic carbocycles. The average Bonchev–Trinajstić information content (AvgIpc) is 3.26. The third-order valence-electron chi connectivity index (χ3n) is 3.08. The summed E-state index contributed by atoms with van der Waals surface area (Å²) in [4.78, 5) is 21.5. The number of carboxylic acids is 1. The molecule has 8 heteroatoms. The highest BCUT2D eigenvalue weighted by Gasteiger charge is 2.29. The Bertz CT molecular complexity index is 543. The molecular weight excluding hydrogens is 280 g/mol. The maximum Gasteiger partial charge on any atom is 0.324 e. The van der Waals surface area contributed by atoms with Gasteiger partial charge < -0.3 is 14.6 Å². The smallest absolute Gasteiger partial charge is 0.324 e. The van der Waals surface area contributed by atoms with Crippen molar-refractivity contribution in [2.75, 3.05) is 13.7 Å². The van der Waals surface area contributed by atoms with Gasteiger partial charge in [0.2, 0.25) is 5.75 Å². The molecule has 1 aliphatic carbocycles. The molecule has 1 unspecified atom stereocenters. The topological polar surface area (TPSA) is 111 Å². The van der Waals surface area contributed by atoms with Crippen molar-refractivity contribution in [1.82, 2.24) is 5.32 Å². The van der Waals surface area contributed by atoms with E-state index in [0.717, 1.165) is 12.8 Å². The van der Waals surface area contributed by atoms with Gasteiger partial charge in [0.25, 0.3) is 0 Å². The van der Waals surface area contributed by atoms with Gasteiger partial charge in [-0.25, -0.2) is 0 Å². The summed E-state index contributed by atoms with van der Waals surface area (Å²) in [6, 6.07) is 3.37. The first-order chi connectivity index (χ1) is 10.0. The van der Waals surface area contributed by atoms with Crippen LogP contribution in [-0.2, 0) is 4.79 Å². The van der Waals surface area contributed by atoms with E-state index in [-0.39, 0.29) is 24.1 Å². The second-order valence-corrected chi connectivity index (χ2v) is 4.73. The molecule has 0 bridgehead atoms. The van der Waals surface area contributed by atoms with Gasteiger partial charge in [-0.15, -0.1) is 0 Å². The second-order valence-electron chi connectivity index (χ2n) is 4.73. The van der Waals surface area contributed by atoms with Crippen LogP contribution >= 0.6 is 0 Å². The van der Waals surface area contributed by atoms with E-state index in [0.29, 0.717) is 5.75 Å². The predicted molar refractivity (Wildman–Crippen MR) is 72.7 cm³/mol. The second kappa shape index (κ2) is 6.40. The molecule has 8 nitrogen and oxygen atoms in total. The van der Waals surface area contributed by atoms with Gasteiger partial charge in [0, 0.05) is 18.2 Å². The van der Waals surface area contributed by atoms with Crippen molar-refractivity contribution in [3.8, 4) is 11.5 Å². The number of nitrogens with zero attached hydrogens (tertiary/aromatic N) is 1. The lowest BCUT2D eigenvalue weighted by Gasteiger charge is -2.15. The number of methoxy groups -OCH3 is 1. The summed E-state index contributed by atoms with van der Waals surface area (Å²) in [5, 5.41) is 23.0. The van der Waals surface area contributed by atoms with Crippen molar-refractivity contribution in [1.29, 1.82) is 0 Å². The van der Waals surface area contributed by atoms with E-state index in [4.69, 9.17) is 14.6 Å². The van der Waals surface area contributed by atoms with Crippen LogP contribution in [0.4, 0.5) is 5.69 Å². The molecule has 1 saturated carbocycles. The Hall–Kier alpha value is -2.35. The first-order valence-electron chi connectivity index (χ1n) is 6.45. The molecule has 0 aliphatic heterocycles. The van der Waals surface area contributed by atoms with Crippen LogP contribution in [0.3, 0.4) is 0 Å². The Labute approximate surface area is 120 Å². The SMILES string of the molecule is COc1ccc([N+](=O)[O-])c(OCC(NC2CC2)C(=O)O)c1. The lowest BCUT2D eigenvalue weighted by atomic mass is 10.2. The van der Waals surface area contributed by atoms with Gasteiger partial charge in [0.15, 0.2) is 0 Å². The van der Waals surface area contributed by atoms with E-state index >= 15 is 0 Å². The van der Waals surface area contributed by atoms with Gasteiger partial charge in [-0.05, 0) is 18.9 Å². The molecule has 1 aromatic rings. The van der Waals surface area contributed by atoms with Gasteiger partial charge in [-0.2, -0.15) is 0 Å². The van der Waals surface area contributed by atoms with Gasteiger partial charge in [0.1, 0.15) is 18.4 Å². The number of nitro groups is 1. The normalized spacial score (nSPS) is 15.3. The molecular formula is C13H16N2O6. The summed E-state index contributed by atoms with van der Waals surface area (Å²) in [6.45, 7) is -0.195. The molecule has 1 atom stereocenters. The molecule has 0 spiro atoms. The number of benzene rings is 1. The zero-order valence-corrected chi connectivity index (χ0v) is 11.4. The molecule has 2 N–H and O–H groups in total. The molecule has 2 rings (SSSR count). The summed E-state index contributed by atoms with van der Waals surface area (Å²) in [6.07, 6.45) is 1.87. The van der Waals surface area contributed by atoms with E-state index in [9.17, 15) is 14.9 Å². The minimum Gasteiger partial charge on any atom is -0.497 e. The molecule has 114 valence electrons. The highest BCUT2D eigenvalue weighted by Crippen LogP contribution is 2.31. The molecule has 1 aliphatic rings. The van der Waals surface area contributed by atoms with Crippen molar-refractivity contribution < 1.29 is 24.3 Å². The number of hydrogen-bond acceptors (Lipinski definition) is 6. The lowest BCUT2D eigenvalue weighted by Crippen LogP contribution is -2.42. The van der Waals surface area contributed by atoms with Gasteiger partial charge >= 0.3 is 11.7 Å². The quantitative estimate of drug-likeness (QED) is 0.547. The summed E-state index contributed by atoms with van der Waals surface area (Å²) in [5.41, 5.74) is -0.230. The third kappa shape index (κ3) is 4.06. The van der Waals surface area contributed by atoms with Gasteiger partial charge in [0.05, 0.1) is 12.0 Å². The fourth-order valence-corrected chi connectivity index (χ4v) is 1.79. The van der Waals surface area contributed by atoms with E-state index in [1.54, 1.807) is 0 Å². The van der Waals surface area contributed by atoms with Crippen LogP contribution in [0.1, 0.15) is 12.8 Å². The van der Waals surface area contributed by atoms with Crippen LogP contribution in [0, 0.1) is 10.1 Å². The summed E-state index contributed by atoms with van der Waals surface area (Å²) in [5.74, 6) is -0.659. The Morgan fingerprint density at radius 1 is 1.57 bits per heavy atom. The van der Waals surface area contributed by atoms with Crippen LogP contribution in [0.25, 0.3) is 0 Å². The highest BCUT2D eigenvalue weighted by molar-refractivity contribution is 5.73. The number of aliphatic carboxylic acids is 1. The minimum atomic E-state index is -1.05. The maximum absolute atomic E-state index is 11.1. The monoisotopic (exact) mass is 296 g/mol. The van der Waals surface area contributed by atoms with Crippen molar-refractivity contribution in [3.05, 3.63) is 28.3 Å². The standard InChI is InChI=1S/C13H16N2O6/c1-20-9-4-5-11(15(18)19)12(6-9)21-7-10(13(16)17)14-8-2-3-8/h4-6,8,10,14H,2-3,7H2,1H3,(H,16,17). The summed E-state index contributed by atoms with van der Waals surface area (Å²) < 4.78 is 10.3. The summed E-state index contributed by atoms with van der Waals surface area (Å²) in [7, 11) is 1.43. The zero-order chi connectivity index (χ0) is 15.4. The molecule has 0 amide bonds. The molecule has 21 heavy (non-hydrogen) atoms. The van der Waals surface area contributed by atoms with E-state index in [1.165, 1.54) is 25.3 Å². The number of nitrogens with one attached hydrogen (secondary N) is 1. The van der Waals surface area contributed by atoms with Crippen molar-refractivity contribution >= 4 is 11.7 Å². The van der Waals surface area contributed by atoms with Crippen LogP contribution < -0.4 is 14.8 Å². The van der Waals surface area contributed by atoms with E-state index in [1.807, 2.05) is 0 Å². The number of rotatable bonds is 8. The van der Waals surface area contributed by atoms with Gasteiger partial charge in [-0.1, -0.05) is 0 Å². The summed E-state index contributed by atoms with van der Waals surface area (Å²) >= 11 is 0. The Morgan fingerprint density at radius 3 is 2.81 bits per heavy atom. The highest BCUT2D eigenvalue weighted by atomic mass is 16.6. The van der Waals surface area contributed by atoms with Crippen LogP contribution in [-0.4, -0.2) is 41.8 Å². The number of ether oxygens (including phenoxy) is 2. The number of carboxylic acid groups (broad SMARTS) is 1. The predicted octanol–water partition coefficient (Wildman–Crippen LogP) is 1.19. The van der Waals surface area contributed by atoms with Gasteiger partial charge in [-0.3, -0.25) is 20.2 Å². The number of carbonyl (C=O) groups is 1. The largest absolute Gasteiger partial charge is 0.497 e. The average molecular weight is 296 g/mol. The Morgan fingerprint density at radius 2 is 2.29 bits per heavy atom. The molecule has 1 fully saturated rings. The number of hydrogen-bond donors (Lipinski definition) is 2. The molecule has 0 heterocycles. The van der Waals surface area contributed by atoms with Crippen LogP contribution in [0.15, 0.2) is 18.2 Å². The van der Waals surface area contributed by atoms with E-state index < -0.39 is 16.9 Å². The lowest BCUT2D eigenvalue weighted by molar-refractivity contribution is -0.385. The first kappa shape index (κ1) is 15.0. The van der Waals surface area contributed by atoms with Crippen molar-refractivity contribution in [3.63, 3.8) is 0 Å². The Kier molecular flexibility index (Phi) is 4.59. The van der Waals surface area contributed by atoms with E-state index in [2.05, 4.69) is 5.32 Å². The van der Waals surface area contributed by atoms with Crippen molar-refractivity contribution in [2.24, 2.45) is 0 Å². The fourth-order valence-electron chi connectivity index (χ4n) is 1.79. The molecule has 0 radical (unpaired) electrons. The van der Waals surface area contributed by atoms with Crippen LogP contribution in [0.5, 0.6) is 11.5 Å². The first-order valence-corrected chi connectivity index (χ1v) is 6.45. The minimum absolute atomic E-state index is 0.0109. The molecule has 0 saturated heterocycles. The third-order valence-corrected chi connectivity index (χ3v) is 3.08. The van der Waals surface area contributed by atoms with Crippen molar-refractivity contribution in [2.45, 2.75) is 24.9 Å². The number of nitro benzene ring substituents is 1. The Balaban J connectivity index is 2.09.